The minimum absolute atomic E-state index is 0.311. The normalized spacial score (nSPS) is 21.0. The standard InChI is InChI=1S/C18H35N3O2/c1-4-11-23-12-5-6-18(22)21-14-17(15-21)13-19-7-9-20(10-8-19)16(2)3/h16-17H,4-15H2,1-3H3. The van der Waals surface area contributed by atoms with E-state index in [0.29, 0.717) is 24.3 Å². The molecule has 2 saturated heterocycles. The lowest BCUT2D eigenvalue weighted by atomic mass is 9.98. The predicted octanol–water partition coefficient (Wildman–Crippen LogP) is 1.68. The quantitative estimate of drug-likeness (QED) is 0.604. The molecular weight excluding hydrogens is 290 g/mol. The molecule has 23 heavy (non-hydrogen) atoms. The van der Waals surface area contributed by atoms with Crippen molar-refractivity contribution in [2.75, 3.05) is 59.0 Å². The van der Waals surface area contributed by atoms with Crippen molar-refractivity contribution < 1.29 is 9.53 Å². The molecule has 0 saturated carbocycles. The van der Waals surface area contributed by atoms with Crippen molar-refractivity contribution in [3.05, 3.63) is 0 Å². The van der Waals surface area contributed by atoms with Crippen LogP contribution in [0.3, 0.4) is 0 Å². The van der Waals surface area contributed by atoms with Gasteiger partial charge in [-0.05, 0) is 26.7 Å². The fraction of sp³-hybridized carbons (Fsp3) is 0.944. The Bertz CT molecular complexity index is 348. The molecule has 2 aliphatic heterocycles. The number of rotatable bonds is 9. The highest BCUT2D eigenvalue weighted by Crippen LogP contribution is 2.19. The molecule has 0 aromatic rings. The summed E-state index contributed by atoms with van der Waals surface area (Å²) in [7, 11) is 0. The number of hydrogen-bond acceptors (Lipinski definition) is 4. The topological polar surface area (TPSA) is 36.0 Å². The molecule has 0 atom stereocenters. The maximum absolute atomic E-state index is 12.1. The van der Waals surface area contributed by atoms with Gasteiger partial charge in [-0.1, -0.05) is 6.92 Å². The summed E-state index contributed by atoms with van der Waals surface area (Å²) in [5.41, 5.74) is 0. The average molecular weight is 325 g/mol. The lowest BCUT2D eigenvalue weighted by Crippen LogP contribution is -2.56. The third-order valence-electron chi connectivity index (χ3n) is 4.99. The Kier molecular flexibility index (Phi) is 7.80. The molecule has 0 spiro atoms. The lowest BCUT2D eigenvalue weighted by Gasteiger charge is -2.44. The number of amides is 1. The first-order valence-corrected chi connectivity index (χ1v) is 9.42. The number of piperazine rings is 1. The van der Waals surface area contributed by atoms with Crippen molar-refractivity contribution in [1.29, 1.82) is 0 Å². The Morgan fingerprint density at radius 3 is 2.43 bits per heavy atom. The zero-order valence-electron chi connectivity index (χ0n) is 15.3. The van der Waals surface area contributed by atoms with E-state index < -0.39 is 0 Å². The highest BCUT2D eigenvalue weighted by Gasteiger charge is 2.32. The van der Waals surface area contributed by atoms with E-state index in [0.717, 1.165) is 45.7 Å². The molecule has 2 aliphatic rings. The van der Waals surface area contributed by atoms with E-state index >= 15 is 0 Å². The molecule has 0 radical (unpaired) electrons. The average Bonchev–Trinajstić information content (AvgIpc) is 2.50. The molecule has 5 nitrogen and oxygen atoms in total. The molecule has 0 bridgehead atoms. The Balaban J connectivity index is 1.52. The number of carbonyl (C=O) groups excluding carboxylic acids is 1. The fourth-order valence-corrected chi connectivity index (χ4v) is 3.45. The van der Waals surface area contributed by atoms with Crippen molar-refractivity contribution in [1.82, 2.24) is 14.7 Å². The van der Waals surface area contributed by atoms with Gasteiger partial charge in [0.05, 0.1) is 0 Å². The van der Waals surface area contributed by atoms with Gasteiger partial charge < -0.3 is 14.5 Å². The molecule has 0 N–H and O–H groups in total. The van der Waals surface area contributed by atoms with E-state index in [1.807, 2.05) is 4.90 Å². The maximum atomic E-state index is 12.1. The van der Waals surface area contributed by atoms with Crippen molar-refractivity contribution >= 4 is 5.91 Å². The van der Waals surface area contributed by atoms with E-state index in [1.165, 1.54) is 26.2 Å². The molecule has 2 heterocycles. The number of nitrogens with zero attached hydrogens (tertiary/aromatic N) is 3. The van der Waals surface area contributed by atoms with Crippen LogP contribution in [-0.2, 0) is 9.53 Å². The number of hydrogen-bond donors (Lipinski definition) is 0. The Hall–Kier alpha value is -0.650. The maximum Gasteiger partial charge on any atom is 0.222 e. The molecular formula is C18H35N3O2. The largest absolute Gasteiger partial charge is 0.381 e. The smallest absolute Gasteiger partial charge is 0.222 e. The molecule has 0 aromatic carbocycles. The Morgan fingerprint density at radius 2 is 1.83 bits per heavy atom. The molecule has 2 rings (SSSR count). The second-order valence-corrected chi connectivity index (χ2v) is 7.31. The van der Waals surface area contributed by atoms with Gasteiger partial charge in [-0.25, -0.2) is 0 Å². The molecule has 1 amide bonds. The summed E-state index contributed by atoms with van der Waals surface area (Å²) in [5, 5.41) is 0. The predicted molar refractivity (Wildman–Crippen MR) is 93.6 cm³/mol. The van der Waals surface area contributed by atoms with Crippen LogP contribution in [0.25, 0.3) is 0 Å². The van der Waals surface area contributed by atoms with Crippen LogP contribution >= 0.6 is 0 Å². The first-order chi connectivity index (χ1) is 11.1. The van der Waals surface area contributed by atoms with Crippen molar-refractivity contribution in [2.45, 2.75) is 46.1 Å². The Morgan fingerprint density at radius 1 is 1.13 bits per heavy atom. The van der Waals surface area contributed by atoms with Crippen molar-refractivity contribution in [3.63, 3.8) is 0 Å². The highest BCUT2D eigenvalue weighted by atomic mass is 16.5. The van der Waals surface area contributed by atoms with Crippen LogP contribution in [0.1, 0.15) is 40.0 Å². The third-order valence-corrected chi connectivity index (χ3v) is 4.99. The second kappa shape index (κ2) is 9.60. The SMILES string of the molecule is CCCOCCCC(=O)N1CC(CN2CCN(C(C)C)CC2)C1. The minimum Gasteiger partial charge on any atom is -0.381 e. The van der Waals surface area contributed by atoms with Crippen LogP contribution in [0, 0.1) is 5.92 Å². The van der Waals surface area contributed by atoms with E-state index in [1.54, 1.807) is 0 Å². The number of ether oxygens (including phenoxy) is 1. The van der Waals surface area contributed by atoms with E-state index in [9.17, 15) is 4.79 Å². The summed E-state index contributed by atoms with van der Waals surface area (Å²) in [4.78, 5) is 19.2. The lowest BCUT2D eigenvalue weighted by molar-refractivity contribution is -0.138. The molecule has 0 unspecified atom stereocenters. The molecule has 0 aliphatic carbocycles. The van der Waals surface area contributed by atoms with E-state index in [-0.39, 0.29) is 0 Å². The van der Waals surface area contributed by atoms with Gasteiger partial charge in [0.2, 0.25) is 5.91 Å². The Labute approximate surface area is 141 Å². The van der Waals surface area contributed by atoms with Gasteiger partial charge in [-0.2, -0.15) is 0 Å². The monoisotopic (exact) mass is 325 g/mol. The van der Waals surface area contributed by atoms with Crippen molar-refractivity contribution in [2.24, 2.45) is 5.92 Å². The molecule has 134 valence electrons. The summed E-state index contributed by atoms with van der Waals surface area (Å²) in [5.74, 6) is 0.992. The van der Waals surface area contributed by atoms with Gasteiger partial charge in [0.1, 0.15) is 0 Å². The van der Waals surface area contributed by atoms with Crippen molar-refractivity contribution in [3.8, 4) is 0 Å². The summed E-state index contributed by atoms with van der Waals surface area (Å²) in [6.45, 7) is 16.0. The highest BCUT2D eigenvalue weighted by molar-refractivity contribution is 5.76. The molecule has 0 aromatic heterocycles. The first kappa shape index (κ1) is 18.7. The zero-order valence-corrected chi connectivity index (χ0v) is 15.3. The summed E-state index contributed by atoms with van der Waals surface area (Å²) < 4.78 is 5.43. The van der Waals surface area contributed by atoms with Crippen LogP contribution in [0.2, 0.25) is 0 Å². The van der Waals surface area contributed by atoms with Crippen LogP contribution in [0.4, 0.5) is 0 Å². The first-order valence-electron chi connectivity index (χ1n) is 9.42. The molecule has 5 heteroatoms. The summed E-state index contributed by atoms with van der Waals surface area (Å²) >= 11 is 0. The van der Waals surface area contributed by atoms with Crippen LogP contribution in [0.15, 0.2) is 0 Å². The van der Waals surface area contributed by atoms with Gasteiger partial charge in [0, 0.05) is 77.4 Å². The van der Waals surface area contributed by atoms with Crippen LogP contribution in [-0.4, -0.2) is 85.7 Å². The van der Waals surface area contributed by atoms with E-state index in [2.05, 4.69) is 30.6 Å². The van der Waals surface area contributed by atoms with Gasteiger partial charge >= 0.3 is 0 Å². The second-order valence-electron chi connectivity index (χ2n) is 7.31. The summed E-state index contributed by atoms with van der Waals surface area (Å²) in [6.07, 6.45) is 2.55. The van der Waals surface area contributed by atoms with Crippen LogP contribution < -0.4 is 0 Å². The van der Waals surface area contributed by atoms with E-state index in [4.69, 9.17) is 4.74 Å². The fourth-order valence-electron chi connectivity index (χ4n) is 3.45. The minimum atomic E-state index is 0.311. The van der Waals surface area contributed by atoms with Gasteiger partial charge in [0.25, 0.3) is 0 Å². The van der Waals surface area contributed by atoms with Gasteiger partial charge in [-0.3, -0.25) is 9.69 Å². The third kappa shape index (κ3) is 6.05. The number of likely N-dealkylation sites (tertiary alicyclic amines) is 1. The molecule has 2 fully saturated rings. The van der Waals surface area contributed by atoms with Gasteiger partial charge in [0.15, 0.2) is 0 Å². The number of carbonyl (C=O) groups is 1. The van der Waals surface area contributed by atoms with Gasteiger partial charge in [-0.15, -0.1) is 0 Å². The zero-order chi connectivity index (χ0) is 16.7. The summed E-state index contributed by atoms with van der Waals surface area (Å²) in [6, 6.07) is 0.662. The van der Waals surface area contributed by atoms with Crippen LogP contribution in [0.5, 0.6) is 0 Å².